The molecule has 2 aromatic rings. The summed E-state index contributed by atoms with van der Waals surface area (Å²) < 4.78 is 1.45. The minimum Gasteiger partial charge on any atom is -0.386 e. The Balaban J connectivity index is 1.92. The molecule has 0 unspecified atom stereocenters. The van der Waals surface area contributed by atoms with Gasteiger partial charge in [-0.15, -0.1) is 16.4 Å². The first-order valence-electron chi connectivity index (χ1n) is 5.44. The van der Waals surface area contributed by atoms with Gasteiger partial charge in [0, 0.05) is 18.5 Å². The summed E-state index contributed by atoms with van der Waals surface area (Å²) in [6.07, 6.45) is 0.837. The van der Waals surface area contributed by atoms with Crippen molar-refractivity contribution in [3.63, 3.8) is 0 Å². The predicted octanol–water partition coefficient (Wildman–Crippen LogP) is 0.648. The third kappa shape index (κ3) is 2.74. The number of carbonyl (C=O) groups is 1. The first-order valence-corrected chi connectivity index (χ1v) is 6.32. The lowest BCUT2D eigenvalue weighted by molar-refractivity contribution is 0.0912. The average molecular weight is 266 g/mol. The number of aliphatic hydroxyl groups is 1. The fourth-order valence-corrected chi connectivity index (χ4v) is 2.46. The molecule has 0 aliphatic heterocycles. The van der Waals surface area contributed by atoms with Gasteiger partial charge in [0.25, 0.3) is 5.91 Å². The predicted molar refractivity (Wildman–Crippen MR) is 67.4 cm³/mol. The highest BCUT2D eigenvalue weighted by molar-refractivity contribution is 7.10. The molecule has 0 radical (unpaired) electrons. The monoisotopic (exact) mass is 266 g/mol. The molecule has 6 nitrogen and oxygen atoms in total. The lowest BCUT2D eigenvalue weighted by atomic mass is 10.2. The molecule has 0 spiro atoms. The summed E-state index contributed by atoms with van der Waals surface area (Å²) in [6.45, 7) is 2.09. The third-order valence-electron chi connectivity index (χ3n) is 2.50. The number of aryl methyl sites for hydroxylation is 2. The van der Waals surface area contributed by atoms with Gasteiger partial charge in [-0.3, -0.25) is 9.48 Å². The zero-order valence-electron chi connectivity index (χ0n) is 10.1. The van der Waals surface area contributed by atoms with E-state index in [0.29, 0.717) is 0 Å². The molecule has 0 fully saturated rings. The van der Waals surface area contributed by atoms with Crippen LogP contribution in [0, 0.1) is 6.92 Å². The van der Waals surface area contributed by atoms with E-state index in [0.717, 1.165) is 10.4 Å². The lowest BCUT2D eigenvalue weighted by Gasteiger charge is -2.10. The molecule has 0 aliphatic carbocycles. The van der Waals surface area contributed by atoms with Crippen LogP contribution in [0.2, 0.25) is 0 Å². The molecule has 2 heterocycles. The van der Waals surface area contributed by atoms with Crippen molar-refractivity contribution in [2.75, 3.05) is 6.54 Å². The summed E-state index contributed by atoms with van der Waals surface area (Å²) in [4.78, 5) is 12.6. The Bertz CT molecular complexity index is 549. The highest BCUT2D eigenvalue weighted by Gasteiger charge is 2.15. The highest BCUT2D eigenvalue weighted by Crippen LogP contribution is 2.23. The number of hydrogen-bond acceptors (Lipinski definition) is 5. The number of thiophene rings is 1. The number of aromatic nitrogens is 3. The molecule has 2 rings (SSSR count). The van der Waals surface area contributed by atoms with Gasteiger partial charge >= 0.3 is 0 Å². The van der Waals surface area contributed by atoms with Gasteiger partial charge < -0.3 is 10.4 Å². The van der Waals surface area contributed by atoms with Crippen LogP contribution < -0.4 is 5.32 Å². The normalized spacial score (nSPS) is 12.4. The SMILES string of the molecule is Cc1ccsc1[C@H](O)CNC(=O)c1cn(C)nn1. The second-order valence-electron chi connectivity index (χ2n) is 3.97. The van der Waals surface area contributed by atoms with Gasteiger partial charge in [-0.2, -0.15) is 0 Å². The van der Waals surface area contributed by atoms with E-state index in [4.69, 9.17) is 0 Å². The van der Waals surface area contributed by atoms with Crippen LogP contribution >= 0.6 is 11.3 Å². The Morgan fingerprint density at radius 3 is 3.00 bits per heavy atom. The Morgan fingerprint density at radius 1 is 1.67 bits per heavy atom. The summed E-state index contributed by atoms with van der Waals surface area (Å²) in [6, 6.07) is 1.94. The second kappa shape index (κ2) is 5.28. The first-order chi connectivity index (χ1) is 8.58. The average Bonchev–Trinajstić information content (AvgIpc) is 2.94. The van der Waals surface area contributed by atoms with Gasteiger partial charge in [-0.1, -0.05) is 5.21 Å². The molecule has 0 bridgehead atoms. The Hall–Kier alpha value is -1.73. The molecule has 1 atom stereocenters. The van der Waals surface area contributed by atoms with Crippen LogP contribution in [0.4, 0.5) is 0 Å². The smallest absolute Gasteiger partial charge is 0.273 e. The van der Waals surface area contributed by atoms with Gasteiger partial charge in [0.05, 0.1) is 6.20 Å². The number of hydrogen-bond donors (Lipinski definition) is 2. The number of aliphatic hydroxyl groups excluding tert-OH is 1. The summed E-state index contributed by atoms with van der Waals surface area (Å²) in [5.74, 6) is -0.337. The standard InChI is InChI=1S/C11H14N4O2S/c1-7-3-4-18-10(7)9(16)5-12-11(17)8-6-15(2)14-13-8/h3-4,6,9,16H,5H2,1-2H3,(H,12,17)/t9-/m1/s1. The minimum absolute atomic E-state index is 0.163. The number of nitrogens with zero attached hydrogens (tertiary/aromatic N) is 3. The van der Waals surface area contributed by atoms with Crippen LogP contribution in [-0.2, 0) is 7.05 Å². The number of amides is 1. The maximum Gasteiger partial charge on any atom is 0.273 e. The topological polar surface area (TPSA) is 80.0 Å². The van der Waals surface area contributed by atoms with E-state index in [1.165, 1.54) is 22.2 Å². The van der Waals surface area contributed by atoms with Crippen LogP contribution in [0.5, 0.6) is 0 Å². The number of carbonyl (C=O) groups excluding carboxylic acids is 1. The van der Waals surface area contributed by atoms with Gasteiger partial charge in [0.1, 0.15) is 6.10 Å². The largest absolute Gasteiger partial charge is 0.386 e. The van der Waals surface area contributed by atoms with Crippen LogP contribution in [0.25, 0.3) is 0 Å². The molecule has 0 saturated heterocycles. The van der Waals surface area contributed by atoms with Crippen molar-refractivity contribution in [1.29, 1.82) is 0 Å². The molecule has 0 saturated carbocycles. The molecule has 0 aromatic carbocycles. The van der Waals surface area contributed by atoms with Crippen molar-refractivity contribution in [3.05, 3.63) is 33.8 Å². The Labute approximate surface area is 108 Å². The molecule has 1 amide bonds. The van der Waals surface area contributed by atoms with Gasteiger partial charge in [-0.05, 0) is 23.9 Å². The summed E-state index contributed by atoms with van der Waals surface area (Å²) in [5, 5.41) is 21.9. The van der Waals surface area contributed by atoms with Gasteiger partial charge in [0.15, 0.2) is 5.69 Å². The lowest BCUT2D eigenvalue weighted by Crippen LogP contribution is -2.28. The van der Waals surface area contributed by atoms with Crippen LogP contribution in [0.15, 0.2) is 17.6 Å². The van der Waals surface area contributed by atoms with Crippen molar-refractivity contribution in [2.24, 2.45) is 7.05 Å². The van der Waals surface area contributed by atoms with E-state index in [1.54, 1.807) is 7.05 Å². The first kappa shape index (κ1) is 12.7. The highest BCUT2D eigenvalue weighted by atomic mass is 32.1. The van der Waals surface area contributed by atoms with Crippen molar-refractivity contribution in [1.82, 2.24) is 20.3 Å². The fraction of sp³-hybridized carbons (Fsp3) is 0.364. The maximum absolute atomic E-state index is 11.7. The Kier molecular flexibility index (Phi) is 3.73. The number of nitrogens with one attached hydrogen (secondary N) is 1. The van der Waals surface area contributed by atoms with E-state index < -0.39 is 6.10 Å². The van der Waals surface area contributed by atoms with Crippen molar-refractivity contribution in [2.45, 2.75) is 13.0 Å². The van der Waals surface area contributed by atoms with E-state index in [2.05, 4.69) is 15.6 Å². The molecule has 2 aromatic heterocycles. The molecule has 0 aliphatic rings. The molecular formula is C11H14N4O2S. The zero-order valence-corrected chi connectivity index (χ0v) is 10.9. The van der Waals surface area contributed by atoms with Crippen LogP contribution in [0.3, 0.4) is 0 Å². The second-order valence-corrected chi connectivity index (χ2v) is 4.92. The maximum atomic E-state index is 11.7. The molecular weight excluding hydrogens is 252 g/mol. The van der Waals surface area contributed by atoms with Gasteiger partial charge in [-0.25, -0.2) is 0 Å². The molecule has 2 N–H and O–H groups in total. The summed E-state index contributed by atoms with van der Waals surface area (Å²) in [7, 11) is 1.69. The molecule has 7 heteroatoms. The van der Waals surface area contributed by atoms with E-state index in [9.17, 15) is 9.90 Å². The van der Waals surface area contributed by atoms with Crippen LogP contribution in [-0.4, -0.2) is 32.6 Å². The quantitative estimate of drug-likeness (QED) is 0.851. The third-order valence-corrected chi connectivity index (χ3v) is 3.62. The molecule has 96 valence electrons. The van der Waals surface area contributed by atoms with Crippen molar-refractivity contribution >= 4 is 17.2 Å². The van der Waals surface area contributed by atoms with E-state index in [-0.39, 0.29) is 18.1 Å². The number of rotatable bonds is 4. The minimum atomic E-state index is -0.689. The fourth-order valence-electron chi connectivity index (χ4n) is 1.55. The zero-order chi connectivity index (χ0) is 13.1. The summed E-state index contributed by atoms with van der Waals surface area (Å²) in [5.41, 5.74) is 1.27. The van der Waals surface area contributed by atoms with Crippen molar-refractivity contribution in [3.8, 4) is 0 Å². The Morgan fingerprint density at radius 2 is 2.44 bits per heavy atom. The van der Waals surface area contributed by atoms with Crippen molar-refractivity contribution < 1.29 is 9.90 Å². The summed E-state index contributed by atoms with van der Waals surface area (Å²) >= 11 is 1.48. The van der Waals surface area contributed by atoms with E-state index in [1.807, 2.05) is 18.4 Å². The molecule has 18 heavy (non-hydrogen) atoms. The van der Waals surface area contributed by atoms with Gasteiger partial charge in [0.2, 0.25) is 0 Å². The van der Waals surface area contributed by atoms with E-state index >= 15 is 0 Å². The van der Waals surface area contributed by atoms with Crippen LogP contribution in [0.1, 0.15) is 27.0 Å².